The summed E-state index contributed by atoms with van der Waals surface area (Å²) in [5.41, 5.74) is -1.26. The summed E-state index contributed by atoms with van der Waals surface area (Å²) in [5, 5.41) is 2.45. The van der Waals surface area contributed by atoms with Crippen LogP contribution in [0.5, 0.6) is 0 Å². The number of halogens is 3. The molecule has 1 saturated heterocycles. The highest BCUT2D eigenvalue weighted by Crippen LogP contribution is 2.54. The van der Waals surface area contributed by atoms with Crippen LogP contribution in [-0.4, -0.2) is 101 Å². The van der Waals surface area contributed by atoms with Gasteiger partial charge in [0.15, 0.2) is 29.2 Å². The Labute approximate surface area is 295 Å². The van der Waals surface area contributed by atoms with Crippen molar-refractivity contribution in [1.29, 1.82) is 0 Å². The Morgan fingerprint density at radius 1 is 1.29 bits per heavy atom. The van der Waals surface area contributed by atoms with Crippen LogP contribution in [0.25, 0.3) is 27.2 Å². The summed E-state index contributed by atoms with van der Waals surface area (Å²) in [6, 6.07) is 0. The number of aromatic amines is 1. The number of nitrogens with zero attached hydrogens (tertiary/aromatic N) is 8. The number of carbonyl (C=O) groups is 1. The SMILES string of the molecule is [C-]#[N+]CCOP1(=O)OC[C@H]2O[C@@H](n3cnc4c(=O)[nH]c(NC(=O)C(C)C)nc43)[C@H](OP(O)(=S)OCc3nc4cncnc4n3CC(F)(F)CO1)[C@@H]2F. The summed E-state index contributed by atoms with van der Waals surface area (Å²) in [5.74, 6) is -5.28. The Morgan fingerprint density at radius 3 is 2.83 bits per heavy atom. The van der Waals surface area contributed by atoms with Gasteiger partial charge in [0.1, 0.15) is 49.7 Å². The second-order valence-electron chi connectivity index (χ2n) is 11.6. The van der Waals surface area contributed by atoms with Gasteiger partial charge in [0.2, 0.25) is 18.4 Å². The second kappa shape index (κ2) is 14.9. The molecule has 2 unspecified atom stereocenters. The number of rotatable bonds is 6. The summed E-state index contributed by atoms with van der Waals surface area (Å²) in [7, 11) is -4.94. The number of ether oxygens (including phenoxy) is 1. The van der Waals surface area contributed by atoms with Gasteiger partial charge in [-0.15, -0.1) is 0 Å². The molecule has 280 valence electrons. The fourth-order valence-corrected chi connectivity index (χ4v) is 7.58. The predicted molar refractivity (Wildman–Crippen MR) is 174 cm³/mol. The minimum Gasteiger partial charge on any atom is -0.346 e. The molecular formula is C26H29F3N10O10P2S. The van der Waals surface area contributed by atoms with Crippen molar-refractivity contribution in [2.45, 2.75) is 57.5 Å². The third kappa shape index (κ3) is 8.23. The van der Waals surface area contributed by atoms with Crippen LogP contribution in [0.3, 0.4) is 0 Å². The molecule has 3 N–H and O–H groups in total. The van der Waals surface area contributed by atoms with Gasteiger partial charge in [-0.2, -0.15) is 4.98 Å². The molecule has 2 aliphatic rings. The smallest absolute Gasteiger partial charge is 0.346 e. The summed E-state index contributed by atoms with van der Waals surface area (Å²) in [4.78, 5) is 62.0. The molecule has 26 heteroatoms. The van der Waals surface area contributed by atoms with Gasteiger partial charge in [0.05, 0.1) is 25.7 Å². The maximum Gasteiger partial charge on any atom is 0.475 e. The summed E-state index contributed by atoms with van der Waals surface area (Å²) in [6.07, 6.45) is -4.15. The van der Waals surface area contributed by atoms with Gasteiger partial charge in [-0.3, -0.25) is 42.6 Å². The Bertz CT molecular complexity index is 2180. The Morgan fingerprint density at radius 2 is 2.08 bits per heavy atom. The number of aromatic nitrogens is 8. The number of imidazole rings is 2. The molecule has 6 rings (SSSR count). The quantitative estimate of drug-likeness (QED) is 0.145. The lowest BCUT2D eigenvalue weighted by molar-refractivity contribution is -0.118. The highest BCUT2D eigenvalue weighted by Gasteiger charge is 2.51. The highest BCUT2D eigenvalue weighted by molar-refractivity contribution is 8.07. The van der Waals surface area contributed by atoms with E-state index in [4.69, 9.17) is 45.7 Å². The van der Waals surface area contributed by atoms with Crippen LogP contribution in [0.1, 0.15) is 25.9 Å². The maximum atomic E-state index is 16.3. The van der Waals surface area contributed by atoms with Crippen molar-refractivity contribution in [1.82, 2.24) is 39.0 Å². The Balaban J connectivity index is 1.40. The maximum absolute atomic E-state index is 16.3. The second-order valence-corrected chi connectivity index (χ2v) is 16.1. The van der Waals surface area contributed by atoms with Gasteiger partial charge >= 0.3 is 14.5 Å². The molecule has 52 heavy (non-hydrogen) atoms. The largest absolute Gasteiger partial charge is 0.475 e. The van der Waals surface area contributed by atoms with E-state index < -0.39 is 95.4 Å². The molecular weight excluding hydrogens is 763 g/mol. The van der Waals surface area contributed by atoms with Crippen LogP contribution in [0, 0.1) is 12.5 Å². The van der Waals surface area contributed by atoms with Crippen LogP contribution >= 0.6 is 14.5 Å². The third-order valence-corrected chi connectivity index (χ3v) is 10.5. The van der Waals surface area contributed by atoms with Crippen LogP contribution in [0.2, 0.25) is 0 Å². The molecule has 0 aromatic carbocycles. The molecule has 1 fully saturated rings. The number of hydrogen-bond acceptors (Lipinski definition) is 15. The van der Waals surface area contributed by atoms with Crippen LogP contribution in [0.15, 0.2) is 23.6 Å². The zero-order valence-electron chi connectivity index (χ0n) is 27.0. The van der Waals surface area contributed by atoms with E-state index in [0.717, 1.165) is 21.8 Å². The number of carbonyl (C=O) groups excluding carboxylic acids is 1. The first-order chi connectivity index (χ1) is 24.6. The topological polar surface area (TPSA) is 233 Å². The Hall–Kier alpha value is -3.75. The lowest BCUT2D eigenvalue weighted by atomic mass is 10.1. The first kappa shape index (κ1) is 38.0. The molecule has 6 heterocycles. The monoisotopic (exact) mass is 792 g/mol. The van der Waals surface area contributed by atoms with E-state index in [1.807, 2.05) is 0 Å². The molecule has 2 bridgehead atoms. The van der Waals surface area contributed by atoms with Gasteiger partial charge in [-0.25, -0.2) is 44.2 Å². The normalized spacial score (nSPS) is 28.5. The first-order valence-corrected chi connectivity index (χ1v) is 19.3. The minimum absolute atomic E-state index is 0.0636. The molecule has 4 aromatic heterocycles. The van der Waals surface area contributed by atoms with Crippen molar-refractivity contribution in [2.24, 2.45) is 5.92 Å². The summed E-state index contributed by atoms with van der Waals surface area (Å²) in [6.45, 7) is 0.376. The molecule has 0 saturated carbocycles. The van der Waals surface area contributed by atoms with E-state index in [2.05, 4.69) is 40.1 Å². The zero-order valence-corrected chi connectivity index (χ0v) is 29.6. The number of H-pyrrole nitrogens is 1. The van der Waals surface area contributed by atoms with E-state index in [1.165, 1.54) is 6.20 Å². The van der Waals surface area contributed by atoms with Crippen molar-refractivity contribution in [2.75, 3.05) is 31.7 Å². The fraction of sp³-hybridized carbons (Fsp3) is 0.538. The third-order valence-electron chi connectivity index (χ3n) is 7.51. The number of amides is 1. The molecule has 6 atom stereocenters. The number of phosphoric ester groups is 1. The van der Waals surface area contributed by atoms with Crippen LogP contribution < -0.4 is 10.9 Å². The number of alkyl halides is 3. The zero-order chi connectivity index (χ0) is 37.4. The first-order valence-electron chi connectivity index (χ1n) is 15.2. The van der Waals surface area contributed by atoms with Gasteiger partial charge < -0.3 is 23.6 Å². The van der Waals surface area contributed by atoms with Crippen molar-refractivity contribution in [3.63, 3.8) is 0 Å². The van der Waals surface area contributed by atoms with Crippen molar-refractivity contribution in [3.05, 3.63) is 46.4 Å². The number of nitrogens with one attached hydrogen (secondary N) is 2. The predicted octanol–water partition coefficient (Wildman–Crippen LogP) is 2.63. The van der Waals surface area contributed by atoms with Crippen molar-refractivity contribution >= 4 is 60.5 Å². The van der Waals surface area contributed by atoms with E-state index >= 15 is 13.2 Å². The van der Waals surface area contributed by atoms with Gasteiger partial charge in [0, 0.05) is 5.92 Å². The lowest BCUT2D eigenvalue weighted by Crippen LogP contribution is -2.33. The van der Waals surface area contributed by atoms with Crippen LogP contribution in [-0.2, 0) is 61.7 Å². The number of fused-ring (bicyclic) bond motifs is 6. The Kier molecular flexibility index (Phi) is 10.9. The average molecular weight is 793 g/mol. The van der Waals surface area contributed by atoms with Gasteiger partial charge in [-0.05, 0) is 11.8 Å². The van der Waals surface area contributed by atoms with E-state index in [-0.39, 0.29) is 40.6 Å². The van der Waals surface area contributed by atoms with E-state index in [0.29, 0.717) is 0 Å². The molecule has 20 nitrogen and oxygen atoms in total. The van der Waals surface area contributed by atoms with Crippen molar-refractivity contribution < 1.29 is 54.8 Å². The average Bonchev–Trinajstić information content (AvgIpc) is 3.75. The molecule has 4 aromatic rings. The summed E-state index contributed by atoms with van der Waals surface area (Å²) >= 11 is 5.19. The number of phosphoric acid groups is 1. The van der Waals surface area contributed by atoms with Gasteiger partial charge in [-0.1, -0.05) is 13.8 Å². The van der Waals surface area contributed by atoms with Gasteiger partial charge in [0.25, 0.3) is 11.5 Å². The molecule has 0 spiro atoms. The molecule has 0 aliphatic carbocycles. The molecule has 1 amide bonds. The number of hydrogen-bond donors (Lipinski definition) is 3. The standard InChI is InChI=1S/C26H29F3N10O10P2S/c1-13(2)22(40)36-25-35-21-18(23(41)37-25)33-12-39(21)24-19-17(27)15(48-24)7-45-50(42,44-5-4-30-3)47-10-26(28,29)9-38-16(8-46-51(43,52)49-19)34-14-6-31-11-32-20(14)38/h6,11-13,15,17,19,24H,4-5,7-10H2,1-2H3,(H,43,52)(H2,35,36,37,40,41)/t15-,17-,19-,24-,50?,51?/m1/s1. The summed E-state index contributed by atoms with van der Waals surface area (Å²) < 4.78 is 95.1. The molecule has 2 aliphatic heterocycles. The fourth-order valence-electron chi connectivity index (χ4n) is 5.05. The molecule has 0 radical (unpaired) electrons. The van der Waals surface area contributed by atoms with Crippen molar-refractivity contribution in [3.8, 4) is 0 Å². The minimum atomic E-state index is -4.94. The van der Waals surface area contributed by atoms with E-state index in [9.17, 15) is 19.0 Å². The lowest BCUT2D eigenvalue weighted by Gasteiger charge is -2.26. The highest BCUT2D eigenvalue weighted by atomic mass is 32.5. The van der Waals surface area contributed by atoms with E-state index in [1.54, 1.807) is 13.8 Å². The van der Waals surface area contributed by atoms with Crippen LogP contribution in [0.4, 0.5) is 19.1 Å². The number of anilines is 1.